The number of rotatable bonds is 3. The molecule has 2 heterocycles. The number of phenols is 1. The molecular formula is C22H21N3O3. The molecule has 1 amide bonds. The average Bonchev–Trinajstić information content (AvgIpc) is 3.44. The quantitative estimate of drug-likeness (QED) is 0.682. The van der Waals surface area contributed by atoms with E-state index in [1.54, 1.807) is 11.0 Å². The van der Waals surface area contributed by atoms with Gasteiger partial charge >= 0.3 is 0 Å². The standard InChI is InChI=1S/C22H21N3O3/c26-19-10-18-16(20(24-23-18)21(27)13-5-1-2-6-13)9-17(19)22(28)25-11-14-7-3-4-8-15(14)12-25/h3-4,7-10,13,26H,1-2,5-6,11-12H2,(H,23,24). The lowest BCUT2D eigenvalue weighted by Gasteiger charge is -2.16. The van der Waals surface area contributed by atoms with E-state index in [-0.39, 0.29) is 28.9 Å². The van der Waals surface area contributed by atoms with Crippen LogP contribution in [-0.4, -0.2) is 31.9 Å². The molecule has 0 unspecified atom stereocenters. The largest absolute Gasteiger partial charge is 0.507 e. The van der Waals surface area contributed by atoms with Crippen LogP contribution in [0.3, 0.4) is 0 Å². The zero-order valence-electron chi connectivity index (χ0n) is 15.4. The molecule has 0 bridgehead atoms. The number of amides is 1. The molecule has 0 spiro atoms. The van der Waals surface area contributed by atoms with Gasteiger partial charge < -0.3 is 10.0 Å². The maximum atomic E-state index is 13.1. The van der Waals surface area contributed by atoms with E-state index in [0.717, 1.165) is 36.8 Å². The van der Waals surface area contributed by atoms with E-state index in [2.05, 4.69) is 10.2 Å². The Kier molecular flexibility index (Phi) is 3.93. The summed E-state index contributed by atoms with van der Waals surface area (Å²) < 4.78 is 0. The second kappa shape index (κ2) is 6.48. The first kappa shape index (κ1) is 17.0. The molecular weight excluding hydrogens is 354 g/mol. The number of fused-ring (bicyclic) bond motifs is 2. The van der Waals surface area contributed by atoms with Gasteiger partial charge in [0.25, 0.3) is 5.91 Å². The summed E-state index contributed by atoms with van der Waals surface area (Å²) in [5, 5.41) is 18.1. The molecule has 0 atom stereocenters. The lowest BCUT2D eigenvalue weighted by molar-refractivity contribution is 0.0748. The van der Waals surface area contributed by atoms with Crippen LogP contribution < -0.4 is 0 Å². The van der Waals surface area contributed by atoms with E-state index in [4.69, 9.17) is 0 Å². The highest BCUT2D eigenvalue weighted by atomic mass is 16.3. The Labute approximate surface area is 162 Å². The van der Waals surface area contributed by atoms with Crippen molar-refractivity contribution < 1.29 is 14.7 Å². The van der Waals surface area contributed by atoms with Crippen molar-refractivity contribution in [3.8, 4) is 5.75 Å². The van der Waals surface area contributed by atoms with Crippen LogP contribution in [0.15, 0.2) is 36.4 Å². The van der Waals surface area contributed by atoms with E-state index in [0.29, 0.717) is 29.7 Å². The molecule has 1 aliphatic carbocycles. The molecule has 5 rings (SSSR count). The summed E-state index contributed by atoms with van der Waals surface area (Å²) in [6.45, 7) is 1.04. The fourth-order valence-electron chi connectivity index (χ4n) is 4.44. The Hall–Kier alpha value is -3.15. The summed E-state index contributed by atoms with van der Waals surface area (Å²) >= 11 is 0. The van der Waals surface area contributed by atoms with E-state index in [1.807, 2.05) is 24.3 Å². The predicted octanol–water partition coefficient (Wildman–Crippen LogP) is 3.80. The maximum Gasteiger partial charge on any atom is 0.258 e. The number of hydrogen-bond acceptors (Lipinski definition) is 4. The van der Waals surface area contributed by atoms with Gasteiger partial charge in [0, 0.05) is 30.5 Å². The molecule has 0 saturated heterocycles. The van der Waals surface area contributed by atoms with Crippen molar-refractivity contribution in [1.29, 1.82) is 0 Å². The number of aromatic nitrogens is 2. The summed E-state index contributed by atoms with van der Waals surface area (Å²) in [4.78, 5) is 27.7. The van der Waals surface area contributed by atoms with Crippen molar-refractivity contribution in [2.45, 2.75) is 38.8 Å². The van der Waals surface area contributed by atoms with E-state index >= 15 is 0 Å². The van der Waals surface area contributed by atoms with Gasteiger partial charge in [0.1, 0.15) is 11.4 Å². The topological polar surface area (TPSA) is 86.3 Å². The van der Waals surface area contributed by atoms with Crippen LogP contribution in [0.2, 0.25) is 0 Å². The molecule has 6 heteroatoms. The first-order valence-corrected chi connectivity index (χ1v) is 9.73. The van der Waals surface area contributed by atoms with Gasteiger partial charge in [0.2, 0.25) is 0 Å². The highest BCUT2D eigenvalue weighted by Crippen LogP contribution is 2.33. The van der Waals surface area contributed by atoms with Crippen LogP contribution in [0.1, 0.15) is 57.7 Å². The van der Waals surface area contributed by atoms with Crippen LogP contribution >= 0.6 is 0 Å². The summed E-state index contributed by atoms with van der Waals surface area (Å²) in [7, 11) is 0. The van der Waals surface area contributed by atoms with Crippen LogP contribution in [0, 0.1) is 5.92 Å². The number of phenolic OH excluding ortho intramolecular Hbond substituents is 1. The van der Waals surface area contributed by atoms with E-state index in [1.165, 1.54) is 6.07 Å². The van der Waals surface area contributed by atoms with Crippen molar-refractivity contribution in [2.75, 3.05) is 0 Å². The Morgan fingerprint density at radius 2 is 1.75 bits per heavy atom. The Bertz CT molecular complexity index is 1070. The second-order valence-electron chi connectivity index (χ2n) is 7.76. The number of nitrogens with zero attached hydrogens (tertiary/aromatic N) is 2. The number of benzene rings is 2. The molecule has 0 radical (unpaired) electrons. The van der Waals surface area contributed by atoms with Crippen molar-refractivity contribution in [3.63, 3.8) is 0 Å². The van der Waals surface area contributed by atoms with Gasteiger partial charge in [-0.25, -0.2) is 0 Å². The number of Topliss-reactive ketones (excluding diaryl/α,β-unsaturated/α-hetero) is 1. The van der Waals surface area contributed by atoms with Crippen molar-refractivity contribution in [1.82, 2.24) is 15.1 Å². The number of hydrogen-bond donors (Lipinski definition) is 2. The first-order valence-electron chi connectivity index (χ1n) is 9.73. The van der Waals surface area contributed by atoms with Gasteiger partial charge in [-0.1, -0.05) is 37.1 Å². The number of carbonyl (C=O) groups is 2. The zero-order chi connectivity index (χ0) is 19.3. The van der Waals surface area contributed by atoms with E-state index in [9.17, 15) is 14.7 Å². The third-order valence-corrected chi connectivity index (χ3v) is 6.00. The molecule has 2 N–H and O–H groups in total. The normalized spacial score (nSPS) is 16.6. The van der Waals surface area contributed by atoms with Crippen molar-refractivity contribution >= 4 is 22.6 Å². The van der Waals surface area contributed by atoms with Crippen LogP contribution in [0.4, 0.5) is 0 Å². The lowest BCUT2D eigenvalue weighted by Crippen LogP contribution is -2.25. The highest BCUT2D eigenvalue weighted by Gasteiger charge is 2.29. The molecule has 1 aliphatic heterocycles. The Morgan fingerprint density at radius 3 is 2.43 bits per heavy atom. The van der Waals surface area contributed by atoms with Gasteiger partial charge in [0.05, 0.1) is 11.1 Å². The molecule has 1 saturated carbocycles. The van der Waals surface area contributed by atoms with Crippen molar-refractivity contribution in [2.24, 2.45) is 5.92 Å². The molecule has 1 fully saturated rings. The van der Waals surface area contributed by atoms with Crippen LogP contribution in [0.25, 0.3) is 10.9 Å². The van der Waals surface area contributed by atoms with Crippen molar-refractivity contribution in [3.05, 3.63) is 58.8 Å². The van der Waals surface area contributed by atoms with Crippen LogP contribution in [-0.2, 0) is 13.1 Å². The Balaban J connectivity index is 1.49. The fraction of sp³-hybridized carbons (Fsp3) is 0.318. The minimum atomic E-state index is -0.240. The van der Waals surface area contributed by atoms with Gasteiger partial charge in [-0.15, -0.1) is 0 Å². The summed E-state index contributed by atoms with van der Waals surface area (Å²) in [6.07, 6.45) is 3.92. The summed E-state index contributed by atoms with van der Waals surface area (Å²) in [5.74, 6) is -0.304. The second-order valence-corrected chi connectivity index (χ2v) is 7.76. The SMILES string of the molecule is O=C(c1n[nH]c2cc(O)c(C(=O)N3Cc4ccccc4C3)cc12)C1CCCC1. The predicted molar refractivity (Wildman–Crippen MR) is 104 cm³/mol. The molecule has 6 nitrogen and oxygen atoms in total. The van der Waals surface area contributed by atoms with Gasteiger partial charge in [-0.05, 0) is 30.0 Å². The number of carbonyl (C=O) groups excluding carboxylic acids is 2. The third kappa shape index (κ3) is 2.68. The van der Waals surface area contributed by atoms with Crippen LogP contribution in [0.5, 0.6) is 5.75 Å². The maximum absolute atomic E-state index is 13.1. The zero-order valence-corrected chi connectivity index (χ0v) is 15.4. The number of aromatic amines is 1. The number of ketones is 1. The van der Waals surface area contributed by atoms with E-state index < -0.39 is 0 Å². The van der Waals surface area contributed by atoms with Gasteiger partial charge in [-0.3, -0.25) is 14.7 Å². The Morgan fingerprint density at radius 1 is 1.07 bits per heavy atom. The number of aromatic hydroxyl groups is 1. The summed E-state index contributed by atoms with van der Waals surface area (Å²) in [6, 6.07) is 11.1. The fourth-order valence-corrected chi connectivity index (χ4v) is 4.44. The number of nitrogens with one attached hydrogen (secondary N) is 1. The molecule has 2 aromatic carbocycles. The molecule has 142 valence electrons. The molecule has 1 aromatic heterocycles. The smallest absolute Gasteiger partial charge is 0.258 e. The first-order chi connectivity index (χ1) is 13.6. The van der Waals surface area contributed by atoms with Gasteiger partial charge in [0.15, 0.2) is 5.78 Å². The minimum absolute atomic E-state index is 0.00698. The minimum Gasteiger partial charge on any atom is -0.507 e. The monoisotopic (exact) mass is 375 g/mol. The summed E-state index contributed by atoms with van der Waals surface area (Å²) in [5.41, 5.74) is 3.40. The lowest BCUT2D eigenvalue weighted by atomic mass is 9.97. The highest BCUT2D eigenvalue weighted by molar-refractivity contribution is 6.10. The third-order valence-electron chi connectivity index (χ3n) is 6.00. The average molecular weight is 375 g/mol. The number of H-pyrrole nitrogens is 1. The molecule has 28 heavy (non-hydrogen) atoms. The van der Waals surface area contributed by atoms with Gasteiger partial charge in [-0.2, -0.15) is 5.10 Å². The molecule has 2 aliphatic rings. The molecule has 3 aromatic rings.